The zero-order valence-corrected chi connectivity index (χ0v) is 12.5. The molecule has 0 saturated heterocycles. The summed E-state index contributed by atoms with van der Waals surface area (Å²) in [6.07, 6.45) is -0.649. The molecule has 1 atom stereocenters. The molecule has 0 aliphatic rings. The van der Waals surface area contributed by atoms with Crippen molar-refractivity contribution in [2.75, 3.05) is 0 Å². The predicted molar refractivity (Wildman–Crippen MR) is 81.0 cm³/mol. The zero-order valence-electron chi connectivity index (χ0n) is 10.3. The summed E-state index contributed by atoms with van der Waals surface area (Å²) in [5.41, 5.74) is 1.17. The summed E-state index contributed by atoms with van der Waals surface area (Å²) in [5.74, 6) is 1.22. The molecule has 96 valence electrons. The van der Waals surface area contributed by atoms with Gasteiger partial charge in [0.1, 0.15) is 11.5 Å². The van der Waals surface area contributed by atoms with Crippen molar-refractivity contribution in [1.82, 2.24) is 0 Å². The van der Waals surface area contributed by atoms with E-state index < -0.39 is 6.10 Å². The smallest absolute Gasteiger partial charge is 0.140 e. The second kappa shape index (κ2) is 6.04. The average molecular weight is 365 g/mol. The Hall–Kier alpha value is -1.58. The highest BCUT2D eigenvalue weighted by atomic mass is 127. The van der Waals surface area contributed by atoms with Crippen LogP contribution in [0.15, 0.2) is 42.5 Å². The zero-order chi connectivity index (χ0) is 13.8. The molecule has 4 heteroatoms. The minimum Gasteiger partial charge on any atom is -0.456 e. The number of aliphatic hydroxyl groups excluding tert-OH is 1. The van der Waals surface area contributed by atoms with Crippen molar-refractivity contribution >= 4 is 22.6 Å². The highest BCUT2D eigenvalue weighted by Crippen LogP contribution is 2.32. The van der Waals surface area contributed by atoms with Gasteiger partial charge in [0.05, 0.1) is 21.3 Å². The molecule has 0 spiro atoms. The first-order valence-electron chi connectivity index (χ1n) is 5.76. The van der Waals surface area contributed by atoms with Crippen molar-refractivity contribution in [3.63, 3.8) is 0 Å². The van der Waals surface area contributed by atoms with Crippen LogP contribution in [0, 0.1) is 14.9 Å². The number of hydrogen-bond donors (Lipinski definition) is 1. The number of hydrogen-bond acceptors (Lipinski definition) is 3. The van der Waals surface area contributed by atoms with Gasteiger partial charge < -0.3 is 9.84 Å². The second-order valence-electron chi connectivity index (χ2n) is 4.07. The lowest BCUT2D eigenvalue weighted by atomic mass is 10.1. The highest BCUT2D eigenvalue weighted by molar-refractivity contribution is 14.1. The molecule has 0 radical (unpaired) electrons. The SMILES string of the molecule is CC(O)c1ccc(C#N)cc1Oc1ccccc1I. The van der Waals surface area contributed by atoms with E-state index in [4.69, 9.17) is 10.00 Å². The third-order valence-corrected chi connectivity index (χ3v) is 3.54. The fourth-order valence-electron chi connectivity index (χ4n) is 1.68. The van der Waals surface area contributed by atoms with E-state index in [1.54, 1.807) is 25.1 Å². The van der Waals surface area contributed by atoms with Crippen LogP contribution in [0.5, 0.6) is 11.5 Å². The summed E-state index contributed by atoms with van der Waals surface area (Å²) in [6.45, 7) is 1.67. The number of nitrogens with zero attached hydrogens (tertiary/aromatic N) is 1. The molecule has 0 bridgehead atoms. The number of nitriles is 1. The minimum atomic E-state index is -0.649. The van der Waals surface area contributed by atoms with Crippen LogP contribution in [0.2, 0.25) is 0 Å². The van der Waals surface area contributed by atoms with E-state index in [9.17, 15) is 5.11 Å². The molecule has 2 rings (SSSR count). The van der Waals surface area contributed by atoms with Gasteiger partial charge in [0.25, 0.3) is 0 Å². The van der Waals surface area contributed by atoms with Crippen molar-refractivity contribution in [3.8, 4) is 17.6 Å². The van der Waals surface area contributed by atoms with Crippen LogP contribution in [-0.2, 0) is 0 Å². The maximum absolute atomic E-state index is 9.75. The van der Waals surface area contributed by atoms with E-state index in [-0.39, 0.29) is 0 Å². The Balaban J connectivity index is 2.44. The van der Waals surface area contributed by atoms with Crippen LogP contribution in [0.4, 0.5) is 0 Å². The van der Waals surface area contributed by atoms with Crippen molar-refractivity contribution in [2.45, 2.75) is 13.0 Å². The Kier molecular flexibility index (Phi) is 4.40. The molecule has 19 heavy (non-hydrogen) atoms. The molecule has 2 aromatic carbocycles. The lowest BCUT2D eigenvalue weighted by molar-refractivity contribution is 0.195. The number of aliphatic hydroxyl groups is 1. The number of ether oxygens (including phenoxy) is 1. The van der Waals surface area contributed by atoms with Gasteiger partial charge in [-0.15, -0.1) is 0 Å². The predicted octanol–water partition coefficient (Wildman–Crippen LogP) is 4.01. The summed E-state index contributed by atoms with van der Waals surface area (Å²) in [7, 11) is 0. The number of halogens is 1. The van der Waals surface area contributed by atoms with Crippen LogP contribution < -0.4 is 4.74 Å². The maximum Gasteiger partial charge on any atom is 0.140 e. The Labute approximate surface area is 125 Å². The number of rotatable bonds is 3. The molecular formula is C15H12INO2. The van der Waals surface area contributed by atoms with E-state index in [0.717, 1.165) is 3.57 Å². The monoisotopic (exact) mass is 365 g/mol. The summed E-state index contributed by atoms with van der Waals surface area (Å²) in [6, 6.07) is 14.7. The van der Waals surface area contributed by atoms with E-state index in [1.165, 1.54) is 0 Å². The fourth-order valence-corrected chi connectivity index (χ4v) is 2.18. The first-order chi connectivity index (χ1) is 9.11. The van der Waals surface area contributed by atoms with Crippen molar-refractivity contribution in [1.29, 1.82) is 5.26 Å². The van der Waals surface area contributed by atoms with Crippen LogP contribution in [0.3, 0.4) is 0 Å². The third kappa shape index (κ3) is 3.25. The Morgan fingerprint density at radius 3 is 2.58 bits per heavy atom. The van der Waals surface area contributed by atoms with E-state index in [0.29, 0.717) is 22.6 Å². The first-order valence-corrected chi connectivity index (χ1v) is 6.84. The molecule has 0 aliphatic carbocycles. The van der Waals surface area contributed by atoms with Gasteiger partial charge in [-0.2, -0.15) is 5.26 Å². The molecule has 1 N–H and O–H groups in total. The largest absolute Gasteiger partial charge is 0.456 e. The number of benzene rings is 2. The summed E-state index contributed by atoms with van der Waals surface area (Å²) in [4.78, 5) is 0. The normalized spacial score (nSPS) is 11.7. The molecule has 1 unspecified atom stereocenters. The molecule has 0 aliphatic heterocycles. The van der Waals surface area contributed by atoms with Gasteiger partial charge >= 0.3 is 0 Å². The summed E-state index contributed by atoms with van der Waals surface area (Å²) >= 11 is 2.18. The summed E-state index contributed by atoms with van der Waals surface area (Å²) < 4.78 is 6.80. The van der Waals surface area contributed by atoms with Gasteiger partial charge in [0, 0.05) is 5.56 Å². The Bertz CT molecular complexity index is 632. The van der Waals surface area contributed by atoms with Gasteiger partial charge in [-0.05, 0) is 53.8 Å². The van der Waals surface area contributed by atoms with E-state index in [1.807, 2.05) is 24.3 Å². The molecule has 0 aromatic heterocycles. The molecule has 2 aromatic rings. The summed E-state index contributed by atoms with van der Waals surface area (Å²) in [5, 5.41) is 18.7. The molecule has 0 amide bonds. The van der Waals surface area contributed by atoms with Gasteiger partial charge in [-0.3, -0.25) is 0 Å². The average Bonchev–Trinajstić information content (AvgIpc) is 2.41. The first kappa shape index (κ1) is 13.8. The Morgan fingerprint density at radius 2 is 1.95 bits per heavy atom. The highest BCUT2D eigenvalue weighted by Gasteiger charge is 2.12. The minimum absolute atomic E-state index is 0.505. The Morgan fingerprint density at radius 1 is 1.21 bits per heavy atom. The molecule has 0 heterocycles. The maximum atomic E-state index is 9.75. The molecule has 0 saturated carbocycles. The van der Waals surface area contributed by atoms with Crippen molar-refractivity contribution in [3.05, 3.63) is 57.2 Å². The molecule has 3 nitrogen and oxygen atoms in total. The van der Waals surface area contributed by atoms with Gasteiger partial charge in [0.15, 0.2) is 0 Å². The van der Waals surface area contributed by atoms with Crippen LogP contribution in [-0.4, -0.2) is 5.11 Å². The third-order valence-electron chi connectivity index (χ3n) is 2.65. The molecule has 0 fully saturated rings. The van der Waals surface area contributed by atoms with Crippen LogP contribution in [0.25, 0.3) is 0 Å². The van der Waals surface area contributed by atoms with Crippen molar-refractivity contribution < 1.29 is 9.84 Å². The molecular weight excluding hydrogens is 353 g/mol. The van der Waals surface area contributed by atoms with Gasteiger partial charge in [-0.1, -0.05) is 18.2 Å². The van der Waals surface area contributed by atoms with Gasteiger partial charge in [0.2, 0.25) is 0 Å². The number of para-hydroxylation sites is 1. The quantitative estimate of drug-likeness (QED) is 0.837. The lowest BCUT2D eigenvalue weighted by Gasteiger charge is -2.14. The second-order valence-corrected chi connectivity index (χ2v) is 5.24. The topological polar surface area (TPSA) is 53.2 Å². The van der Waals surface area contributed by atoms with Gasteiger partial charge in [-0.25, -0.2) is 0 Å². The van der Waals surface area contributed by atoms with Crippen LogP contribution in [0.1, 0.15) is 24.2 Å². The lowest BCUT2D eigenvalue weighted by Crippen LogP contribution is -1.97. The van der Waals surface area contributed by atoms with E-state index >= 15 is 0 Å². The van der Waals surface area contributed by atoms with Crippen LogP contribution >= 0.6 is 22.6 Å². The fraction of sp³-hybridized carbons (Fsp3) is 0.133. The van der Waals surface area contributed by atoms with Crippen molar-refractivity contribution in [2.24, 2.45) is 0 Å². The standard InChI is InChI=1S/C15H12INO2/c1-10(18)12-7-6-11(9-17)8-15(12)19-14-5-3-2-4-13(14)16/h2-8,10,18H,1H3. The van der Waals surface area contributed by atoms with E-state index in [2.05, 4.69) is 28.7 Å².